The molecule has 0 fully saturated rings. The van der Waals surface area contributed by atoms with Gasteiger partial charge in [0.1, 0.15) is 19.3 Å². The van der Waals surface area contributed by atoms with Gasteiger partial charge in [0.25, 0.3) is 0 Å². The Kier molecular flexibility index (Phi) is 72.8. The number of carbonyl (C=O) groups is 4. The first kappa shape index (κ1) is 101. The molecular formula is C84H164O17P2. The van der Waals surface area contributed by atoms with Gasteiger partial charge in [-0.2, -0.15) is 0 Å². The minimum atomic E-state index is -4.96. The lowest BCUT2D eigenvalue weighted by Gasteiger charge is -2.21. The van der Waals surface area contributed by atoms with Gasteiger partial charge in [-0.15, -0.1) is 0 Å². The van der Waals surface area contributed by atoms with Crippen molar-refractivity contribution in [2.45, 2.75) is 458 Å². The molecule has 0 heterocycles. The van der Waals surface area contributed by atoms with E-state index >= 15 is 0 Å². The first-order valence-electron chi connectivity index (χ1n) is 43.4. The average Bonchev–Trinajstić information content (AvgIpc) is 0.907. The highest BCUT2D eigenvalue weighted by atomic mass is 31.2. The zero-order valence-electron chi connectivity index (χ0n) is 67.8. The molecule has 0 amide bonds. The van der Waals surface area contributed by atoms with Crippen molar-refractivity contribution in [2.24, 2.45) is 17.8 Å². The average molecular weight is 1510 g/mol. The van der Waals surface area contributed by atoms with E-state index in [0.29, 0.717) is 25.7 Å². The van der Waals surface area contributed by atoms with Crippen LogP contribution in [0.25, 0.3) is 0 Å². The van der Waals surface area contributed by atoms with Crippen LogP contribution < -0.4 is 0 Å². The highest BCUT2D eigenvalue weighted by Gasteiger charge is 2.30. The number of hydrogen-bond acceptors (Lipinski definition) is 15. The van der Waals surface area contributed by atoms with Crippen molar-refractivity contribution in [2.75, 3.05) is 39.6 Å². The van der Waals surface area contributed by atoms with E-state index in [1.165, 1.54) is 250 Å². The molecule has 0 aliphatic rings. The van der Waals surface area contributed by atoms with Gasteiger partial charge in [0.2, 0.25) is 0 Å². The van der Waals surface area contributed by atoms with E-state index < -0.39 is 97.5 Å². The van der Waals surface area contributed by atoms with Crippen LogP contribution in [0.5, 0.6) is 0 Å². The van der Waals surface area contributed by atoms with E-state index in [0.717, 1.165) is 108 Å². The van der Waals surface area contributed by atoms with Gasteiger partial charge in [0.05, 0.1) is 26.4 Å². The fourth-order valence-corrected chi connectivity index (χ4v) is 14.6. The minimum absolute atomic E-state index is 0.108. The molecule has 0 aromatic heterocycles. The van der Waals surface area contributed by atoms with Crippen LogP contribution in [0, 0.1) is 17.8 Å². The van der Waals surface area contributed by atoms with E-state index in [-0.39, 0.29) is 25.7 Å². The fourth-order valence-electron chi connectivity index (χ4n) is 13.0. The van der Waals surface area contributed by atoms with Crippen molar-refractivity contribution < 1.29 is 80.2 Å². The summed E-state index contributed by atoms with van der Waals surface area (Å²) in [6.45, 7) is 12.0. The quantitative estimate of drug-likeness (QED) is 0.0222. The number of phosphoric ester groups is 2. The standard InChI is InChI=1S/C84H164O17P2/c1-8-10-11-12-13-14-15-16-21-25-32-37-46-53-60-67-84(89)101-80(72-95-82(87)66-59-52-45-40-39-43-50-57-64-77(7)9-2)74-99-103(92,93)97-70-78(85)69-96-102(90,91)98-73-79(71-94-81(86)65-58-51-44-36-31-28-27-30-35-42-49-56-63-76(5)6)100-83(88)68-61-54-47-38-33-26-23-20-18-17-19-22-24-29-34-41-48-55-62-75(3)4/h75-80,85H,8-74H2,1-7H3,(H,90,91)(H,92,93)/t77?,78-,79-,80-/m1/s1. The third-order valence-electron chi connectivity index (χ3n) is 20.0. The summed E-state index contributed by atoms with van der Waals surface area (Å²) in [5.41, 5.74) is 0. The molecule has 17 nitrogen and oxygen atoms in total. The Bertz CT molecular complexity index is 1990. The summed E-state index contributed by atoms with van der Waals surface area (Å²) in [6, 6.07) is 0. The molecule has 0 rings (SSSR count). The molecule has 0 bridgehead atoms. The lowest BCUT2D eigenvalue weighted by molar-refractivity contribution is -0.161. The number of rotatable bonds is 82. The van der Waals surface area contributed by atoms with Crippen LogP contribution in [0.4, 0.5) is 0 Å². The molecule has 0 aliphatic carbocycles. The number of ether oxygens (including phenoxy) is 4. The van der Waals surface area contributed by atoms with Gasteiger partial charge in [0.15, 0.2) is 12.2 Å². The molecule has 3 N–H and O–H groups in total. The molecule has 3 unspecified atom stereocenters. The van der Waals surface area contributed by atoms with Crippen molar-refractivity contribution in [3.63, 3.8) is 0 Å². The molecule has 103 heavy (non-hydrogen) atoms. The summed E-state index contributed by atoms with van der Waals surface area (Å²) in [5.74, 6) is 0.274. The summed E-state index contributed by atoms with van der Waals surface area (Å²) in [7, 11) is -9.93. The third-order valence-corrected chi connectivity index (χ3v) is 21.9. The maximum absolute atomic E-state index is 13.1. The highest BCUT2D eigenvalue weighted by Crippen LogP contribution is 2.45. The zero-order chi connectivity index (χ0) is 75.8. The van der Waals surface area contributed by atoms with Crippen LogP contribution in [0.3, 0.4) is 0 Å². The Morgan fingerprint density at radius 3 is 0.738 bits per heavy atom. The number of carbonyl (C=O) groups excluding carboxylic acids is 4. The molecule has 0 aromatic rings. The smallest absolute Gasteiger partial charge is 0.462 e. The van der Waals surface area contributed by atoms with E-state index in [4.69, 9.17) is 37.0 Å². The van der Waals surface area contributed by atoms with Crippen LogP contribution in [0.15, 0.2) is 0 Å². The molecular weight excluding hydrogens is 1340 g/mol. The number of esters is 4. The molecule has 612 valence electrons. The Morgan fingerprint density at radius 1 is 0.282 bits per heavy atom. The summed E-state index contributed by atoms with van der Waals surface area (Å²) in [5, 5.41) is 10.7. The second-order valence-corrected chi connectivity index (χ2v) is 34.3. The van der Waals surface area contributed by atoms with Crippen LogP contribution in [0.1, 0.15) is 440 Å². The van der Waals surface area contributed by atoms with E-state index in [9.17, 15) is 43.2 Å². The van der Waals surface area contributed by atoms with Crippen LogP contribution in [-0.2, 0) is 65.4 Å². The largest absolute Gasteiger partial charge is 0.472 e. The first-order valence-corrected chi connectivity index (χ1v) is 46.4. The summed E-state index contributed by atoms with van der Waals surface area (Å²) >= 11 is 0. The van der Waals surface area contributed by atoms with Gasteiger partial charge in [-0.3, -0.25) is 37.3 Å². The number of aliphatic hydroxyl groups is 1. The Balaban J connectivity index is 5.25. The second kappa shape index (κ2) is 74.2. The topological polar surface area (TPSA) is 237 Å². The van der Waals surface area contributed by atoms with Gasteiger partial charge in [-0.05, 0) is 43.4 Å². The number of hydrogen-bond donors (Lipinski definition) is 3. The normalized spacial score (nSPS) is 14.2. The lowest BCUT2D eigenvalue weighted by atomic mass is 9.99. The Hall–Kier alpha value is -1.94. The van der Waals surface area contributed by atoms with Gasteiger partial charge in [-0.1, -0.05) is 389 Å². The van der Waals surface area contributed by atoms with Crippen molar-refractivity contribution in [1.82, 2.24) is 0 Å². The molecule has 0 saturated heterocycles. The molecule has 6 atom stereocenters. The molecule has 19 heteroatoms. The predicted octanol–water partition coefficient (Wildman–Crippen LogP) is 25.3. The van der Waals surface area contributed by atoms with Gasteiger partial charge >= 0.3 is 39.5 Å². The number of phosphoric acid groups is 2. The number of unbranched alkanes of at least 4 members (excludes halogenated alkanes) is 49. The van der Waals surface area contributed by atoms with Crippen molar-refractivity contribution in [3.05, 3.63) is 0 Å². The summed E-state index contributed by atoms with van der Waals surface area (Å²) in [6.07, 6.45) is 63.7. The van der Waals surface area contributed by atoms with Crippen molar-refractivity contribution >= 4 is 39.5 Å². The SMILES string of the molecule is CCCCCCCCCCCCCCCCCC(=O)O[C@H](COC(=O)CCCCCCCCCCC(C)CC)COP(=O)(O)OC[C@H](O)COP(=O)(O)OC[C@@H](COC(=O)CCCCCCCCCCCCCCC(C)C)OC(=O)CCCCCCCCCCCCCCCCCCCCC(C)C. The maximum atomic E-state index is 13.1. The van der Waals surface area contributed by atoms with Gasteiger partial charge < -0.3 is 33.8 Å². The zero-order valence-corrected chi connectivity index (χ0v) is 69.6. The van der Waals surface area contributed by atoms with Gasteiger partial charge in [-0.25, -0.2) is 9.13 Å². The van der Waals surface area contributed by atoms with Crippen molar-refractivity contribution in [1.29, 1.82) is 0 Å². The van der Waals surface area contributed by atoms with Gasteiger partial charge in [0, 0.05) is 25.7 Å². The van der Waals surface area contributed by atoms with E-state index in [1.54, 1.807) is 0 Å². The molecule has 0 aromatic carbocycles. The van der Waals surface area contributed by atoms with Crippen LogP contribution >= 0.6 is 15.6 Å². The fraction of sp³-hybridized carbons (Fsp3) is 0.952. The Morgan fingerprint density at radius 2 is 0.495 bits per heavy atom. The first-order chi connectivity index (χ1) is 49.8. The molecule has 0 aliphatic heterocycles. The maximum Gasteiger partial charge on any atom is 0.472 e. The second-order valence-electron chi connectivity index (χ2n) is 31.4. The lowest BCUT2D eigenvalue weighted by Crippen LogP contribution is -2.30. The predicted molar refractivity (Wildman–Crippen MR) is 423 cm³/mol. The molecule has 0 spiro atoms. The minimum Gasteiger partial charge on any atom is -0.462 e. The summed E-state index contributed by atoms with van der Waals surface area (Å²) < 4.78 is 68.9. The Labute approximate surface area is 632 Å². The van der Waals surface area contributed by atoms with Crippen molar-refractivity contribution in [3.8, 4) is 0 Å². The third kappa shape index (κ3) is 76.6. The summed E-state index contributed by atoms with van der Waals surface area (Å²) in [4.78, 5) is 73.2. The van der Waals surface area contributed by atoms with Crippen LogP contribution in [-0.4, -0.2) is 96.7 Å². The van der Waals surface area contributed by atoms with Crippen LogP contribution in [0.2, 0.25) is 0 Å². The molecule has 0 radical (unpaired) electrons. The van der Waals surface area contributed by atoms with E-state index in [2.05, 4.69) is 48.5 Å². The molecule has 0 saturated carbocycles. The monoisotopic (exact) mass is 1510 g/mol. The highest BCUT2D eigenvalue weighted by molar-refractivity contribution is 7.47. The van der Waals surface area contributed by atoms with E-state index in [1.807, 2.05) is 0 Å². The number of aliphatic hydroxyl groups excluding tert-OH is 1.